The van der Waals surface area contributed by atoms with Crippen molar-refractivity contribution >= 4 is 27.5 Å². The van der Waals surface area contributed by atoms with Crippen LogP contribution in [0.2, 0.25) is 0 Å². The number of hydrogen-bond acceptors (Lipinski definition) is 5. The summed E-state index contributed by atoms with van der Waals surface area (Å²) < 4.78 is 49.6. The molecule has 1 heterocycles. The number of ether oxygens (including phenoxy) is 2. The van der Waals surface area contributed by atoms with Crippen LogP contribution < -0.4 is 20.5 Å². The van der Waals surface area contributed by atoms with Gasteiger partial charge < -0.3 is 20.5 Å². The lowest BCUT2D eigenvalue weighted by molar-refractivity contribution is -0.274. The average Bonchev–Trinajstić information content (AvgIpc) is 3.03. The second kappa shape index (κ2) is 9.44. The van der Waals surface area contributed by atoms with E-state index >= 15 is 0 Å². The number of halogens is 4. The number of nitrogens with zero attached hydrogens (tertiary/aromatic N) is 2. The molecule has 0 unspecified atom stereocenters. The summed E-state index contributed by atoms with van der Waals surface area (Å²) in [6, 6.07) is 9.82. The first-order valence-corrected chi connectivity index (χ1v) is 10.5. The topological polar surface area (TPSA) is 91.4 Å². The Morgan fingerprint density at radius 3 is 2.55 bits per heavy atom. The zero-order valence-corrected chi connectivity index (χ0v) is 19.6. The van der Waals surface area contributed by atoms with Gasteiger partial charge in [-0.1, -0.05) is 6.07 Å². The maximum Gasteiger partial charge on any atom is 0.573 e. The largest absolute Gasteiger partial charge is 0.573 e. The van der Waals surface area contributed by atoms with Crippen LogP contribution in [0.4, 0.5) is 18.9 Å². The molecule has 0 radical (unpaired) electrons. The van der Waals surface area contributed by atoms with Crippen LogP contribution in [-0.4, -0.2) is 34.2 Å². The monoisotopic (exact) mass is 526 g/mol. The smallest absolute Gasteiger partial charge is 0.491 e. The van der Waals surface area contributed by atoms with Gasteiger partial charge in [0.05, 0.1) is 16.4 Å². The summed E-state index contributed by atoms with van der Waals surface area (Å²) in [6.07, 6.45) is -3.22. The fraction of sp³-hybridized carbons (Fsp3) is 0.273. The molecule has 11 heteroatoms. The van der Waals surface area contributed by atoms with Crippen molar-refractivity contribution in [2.24, 2.45) is 12.8 Å². The quantitative estimate of drug-likeness (QED) is 0.446. The van der Waals surface area contributed by atoms with Crippen molar-refractivity contribution in [3.63, 3.8) is 0 Å². The Kier molecular flexibility index (Phi) is 7.03. The van der Waals surface area contributed by atoms with Crippen LogP contribution in [-0.2, 0) is 7.05 Å². The lowest BCUT2D eigenvalue weighted by Crippen LogP contribution is -2.38. The summed E-state index contributed by atoms with van der Waals surface area (Å²) in [7, 11) is 1.76. The molecule has 1 aromatic heterocycles. The van der Waals surface area contributed by atoms with Crippen LogP contribution in [0.3, 0.4) is 0 Å². The number of carbonyl (C=O) groups excluding carboxylic acids is 1. The molecule has 0 saturated carbocycles. The number of benzene rings is 2. The van der Waals surface area contributed by atoms with Crippen LogP contribution in [0.25, 0.3) is 11.3 Å². The highest BCUT2D eigenvalue weighted by molar-refractivity contribution is 9.10. The van der Waals surface area contributed by atoms with Crippen molar-refractivity contribution in [1.29, 1.82) is 0 Å². The van der Waals surface area contributed by atoms with Gasteiger partial charge in [-0.3, -0.25) is 9.48 Å². The Labute approximate surface area is 196 Å². The molecule has 0 bridgehead atoms. The fourth-order valence-corrected chi connectivity index (χ4v) is 3.50. The molecule has 3 N–H and O–H groups in total. The van der Waals surface area contributed by atoms with Gasteiger partial charge >= 0.3 is 6.36 Å². The van der Waals surface area contributed by atoms with E-state index in [1.165, 1.54) is 12.1 Å². The Morgan fingerprint density at radius 2 is 1.94 bits per heavy atom. The number of alkyl halides is 3. The molecule has 3 aromatic rings. The molecule has 0 aliphatic carbocycles. The Hall–Kier alpha value is -3.05. The molecule has 176 valence electrons. The molecular weight excluding hydrogens is 505 g/mol. The van der Waals surface area contributed by atoms with Crippen molar-refractivity contribution in [3.8, 4) is 22.8 Å². The lowest BCUT2D eigenvalue weighted by Gasteiger charge is -2.21. The maximum atomic E-state index is 12.7. The molecule has 0 aliphatic heterocycles. The van der Waals surface area contributed by atoms with Gasteiger partial charge in [0.1, 0.15) is 18.1 Å². The highest BCUT2D eigenvalue weighted by Crippen LogP contribution is 2.37. The van der Waals surface area contributed by atoms with Gasteiger partial charge in [-0.15, -0.1) is 13.2 Å². The van der Waals surface area contributed by atoms with Gasteiger partial charge in [0.2, 0.25) is 0 Å². The van der Waals surface area contributed by atoms with Crippen molar-refractivity contribution in [1.82, 2.24) is 9.78 Å². The number of aromatic nitrogens is 2. The third-order valence-corrected chi connectivity index (χ3v) is 4.90. The maximum absolute atomic E-state index is 12.7. The summed E-state index contributed by atoms with van der Waals surface area (Å²) in [5.41, 5.74) is 7.22. The summed E-state index contributed by atoms with van der Waals surface area (Å²) in [5.74, 6) is -0.561. The molecular formula is C22H22BrF3N4O3. The van der Waals surface area contributed by atoms with E-state index in [1.54, 1.807) is 36.1 Å². The summed E-state index contributed by atoms with van der Waals surface area (Å²) in [6.45, 7) is 3.91. The van der Waals surface area contributed by atoms with Crippen LogP contribution in [0, 0.1) is 0 Å². The zero-order valence-electron chi connectivity index (χ0n) is 18.0. The lowest BCUT2D eigenvalue weighted by atomic mass is 10.1. The molecule has 0 fully saturated rings. The Bertz CT molecular complexity index is 1140. The Balaban J connectivity index is 1.91. The van der Waals surface area contributed by atoms with Crippen LogP contribution in [0.1, 0.15) is 24.2 Å². The molecule has 0 atom stereocenters. The highest BCUT2D eigenvalue weighted by Gasteiger charge is 2.31. The predicted octanol–water partition coefficient (Wildman–Crippen LogP) is 5.12. The van der Waals surface area contributed by atoms with Gasteiger partial charge in [0.25, 0.3) is 5.91 Å². The van der Waals surface area contributed by atoms with Crippen molar-refractivity contribution < 1.29 is 27.4 Å². The Morgan fingerprint density at radius 1 is 1.21 bits per heavy atom. The van der Waals surface area contributed by atoms with Crippen molar-refractivity contribution in [2.75, 3.05) is 11.9 Å². The van der Waals surface area contributed by atoms with Gasteiger partial charge in [-0.25, -0.2) is 0 Å². The standard InChI is InChI=1S/C22H22BrF3N4O3/c1-21(2,27)12-32-18-8-7-14(10-16(18)19-17(23)11-28-30(19)3)29-20(31)13-5-4-6-15(9-13)33-22(24,25)26/h4-11H,12,27H2,1-3H3,(H,29,31). The van der Waals surface area contributed by atoms with E-state index in [2.05, 4.69) is 31.1 Å². The molecule has 0 aliphatic rings. The molecule has 0 spiro atoms. The normalized spacial score (nSPS) is 11.9. The number of anilines is 1. The van der Waals surface area contributed by atoms with Crippen LogP contribution >= 0.6 is 15.9 Å². The summed E-state index contributed by atoms with van der Waals surface area (Å²) in [4.78, 5) is 12.7. The minimum absolute atomic E-state index is 0.00483. The van der Waals surface area contributed by atoms with Gasteiger partial charge in [-0.2, -0.15) is 5.10 Å². The minimum Gasteiger partial charge on any atom is -0.491 e. The number of hydrogen-bond donors (Lipinski definition) is 2. The first-order valence-electron chi connectivity index (χ1n) is 9.73. The van der Waals surface area contributed by atoms with Gasteiger partial charge in [0, 0.05) is 29.4 Å². The molecule has 2 aromatic carbocycles. The highest BCUT2D eigenvalue weighted by atomic mass is 79.9. The van der Waals surface area contributed by atoms with E-state index in [-0.39, 0.29) is 12.2 Å². The first-order chi connectivity index (χ1) is 15.3. The van der Waals surface area contributed by atoms with E-state index in [4.69, 9.17) is 10.5 Å². The predicted molar refractivity (Wildman–Crippen MR) is 121 cm³/mol. The van der Waals surface area contributed by atoms with E-state index in [9.17, 15) is 18.0 Å². The molecule has 1 amide bonds. The molecule has 33 heavy (non-hydrogen) atoms. The number of rotatable bonds is 7. The van der Waals surface area contributed by atoms with Gasteiger partial charge in [-0.05, 0) is 66.2 Å². The van der Waals surface area contributed by atoms with Crippen LogP contribution in [0.15, 0.2) is 53.1 Å². The molecule has 3 rings (SSSR count). The summed E-state index contributed by atoms with van der Waals surface area (Å²) >= 11 is 3.47. The van der Waals surface area contributed by atoms with Crippen molar-refractivity contribution in [2.45, 2.75) is 25.7 Å². The number of carbonyl (C=O) groups is 1. The van der Waals surface area contributed by atoms with Crippen molar-refractivity contribution in [3.05, 3.63) is 58.7 Å². The van der Waals surface area contributed by atoms with E-state index in [0.29, 0.717) is 27.2 Å². The second-order valence-corrected chi connectivity index (χ2v) is 8.84. The molecule has 0 saturated heterocycles. The number of nitrogens with one attached hydrogen (secondary N) is 1. The van der Waals surface area contributed by atoms with E-state index in [1.807, 2.05) is 13.8 Å². The number of amides is 1. The number of nitrogens with two attached hydrogens (primary N) is 1. The minimum atomic E-state index is -4.85. The summed E-state index contributed by atoms with van der Waals surface area (Å²) in [5, 5.41) is 6.90. The van der Waals surface area contributed by atoms with E-state index < -0.39 is 23.6 Å². The fourth-order valence-electron chi connectivity index (χ4n) is 2.93. The third kappa shape index (κ3) is 6.72. The van der Waals surface area contributed by atoms with Crippen LogP contribution in [0.5, 0.6) is 11.5 Å². The first kappa shape index (κ1) is 24.6. The zero-order chi connectivity index (χ0) is 24.4. The van der Waals surface area contributed by atoms with Gasteiger partial charge in [0.15, 0.2) is 0 Å². The number of aryl methyl sites for hydroxylation is 1. The average molecular weight is 527 g/mol. The SMILES string of the molecule is Cn1ncc(Br)c1-c1cc(NC(=O)c2cccc(OC(F)(F)F)c2)ccc1OCC(C)(C)N. The van der Waals surface area contributed by atoms with E-state index in [0.717, 1.165) is 12.1 Å². The molecule has 7 nitrogen and oxygen atoms in total. The third-order valence-electron chi connectivity index (χ3n) is 4.32. The second-order valence-electron chi connectivity index (χ2n) is 7.98.